The molecule has 0 atom stereocenters. The van der Waals surface area contributed by atoms with Gasteiger partial charge in [0.25, 0.3) is 0 Å². The Morgan fingerprint density at radius 3 is 2.15 bits per heavy atom. The summed E-state index contributed by atoms with van der Waals surface area (Å²) in [7, 11) is 0. The van der Waals surface area contributed by atoms with Crippen LogP contribution in [0.3, 0.4) is 0 Å². The van der Waals surface area contributed by atoms with E-state index < -0.39 is 0 Å². The molecule has 26 heavy (non-hydrogen) atoms. The van der Waals surface area contributed by atoms with Crippen LogP contribution in [0.4, 0.5) is 0 Å². The molecule has 0 aromatic carbocycles. The zero-order valence-corrected chi connectivity index (χ0v) is 15.7. The van der Waals surface area contributed by atoms with Crippen LogP contribution >= 0.6 is 0 Å². The molecule has 0 saturated heterocycles. The molecule has 2 fully saturated rings. The number of aryl methyl sites for hydroxylation is 1. The summed E-state index contributed by atoms with van der Waals surface area (Å²) in [6.07, 6.45) is 12.0. The maximum Gasteiger partial charge on any atom is 0.314 e. The third-order valence-corrected chi connectivity index (χ3v) is 5.67. The average molecular weight is 359 g/mol. The third-order valence-electron chi connectivity index (χ3n) is 5.67. The number of aromatic nitrogens is 1. The van der Waals surface area contributed by atoms with Gasteiger partial charge in [0, 0.05) is 11.9 Å². The first-order valence-electron chi connectivity index (χ1n) is 9.98. The van der Waals surface area contributed by atoms with Gasteiger partial charge in [-0.1, -0.05) is 38.5 Å². The van der Waals surface area contributed by atoms with Gasteiger partial charge in [-0.3, -0.25) is 14.6 Å². The summed E-state index contributed by atoms with van der Waals surface area (Å²) in [6.45, 7) is 1.96. The van der Waals surface area contributed by atoms with Crippen molar-refractivity contribution in [3.63, 3.8) is 0 Å². The first kappa shape index (κ1) is 18.9. The molecule has 0 bridgehead atoms. The minimum Gasteiger partial charge on any atom is -0.460 e. The summed E-state index contributed by atoms with van der Waals surface area (Å²) in [5.74, 6) is 0.154. The Kier molecular flexibility index (Phi) is 6.64. The van der Waals surface area contributed by atoms with Gasteiger partial charge in [-0.25, -0.2) is 0 Å². The van der Waals surface area contributed by atoms with Gasteiger partial charge in [-0.15, -0.1) is 0 Å². The van der Waals surface area contributed by atoms with Gasteiger partial charge in [0.1, 0.15) is 12.4 Å². The van der Waals surface area contributed by atoms with Crippen LogP contribution in [0, 0.1) is 18.8 Å². The first-order valence-corrected chi connectivity index (χ1v) is 9.98. The number of hydrogen-bond donors (Lipinski definition) is 0. The summed E-state index contributed by atoms with van der Waals surface area (Å²) in [5.41, 5.74) is 1.43. The molecule has 2 aliphatic rings. The summed E-state index contributed by atoms with van der Waals surface area (Å²) in [5, 5.41) is 0. The van der Waals surface area contributed by atoms with Crippen LogP contribution in [-0.2, 0) is 20.9 Å². The Bertz CT molecular complexity index is 631. The van der Waals surface area contributed by atoms with Crippen LogP contribution in [-0.4, -0.2) is 16.9 Å². The number of pyridine rings is 1. The Hall–Kier alpha value is -1.91. The zero-order chi connectivity index (χ0) is 18.4. The lowest BCUT2D eigenvalue weighted by Gasteiger charge is -2.22. The van der Waals surface area contributed by atoms with Gasteiger partial charge in [0.15, 0.2) is 0 Å². The fraction of sp³-hybridized carbons (Fsp3) is 0.667. The number of carbonyl (C=O) groups excluding carboxylic acids is 2. The van der Waals surface area contributed by atoms with E-state index in [0.29, 0.717) is 11.3 Å². The van der Waals surface area contributed by atoms with E-state index in [-0.39, 0.29) is 30.4 Å². The van der Waals surface area contributed by atoms with E-state index in [4.69, 9.17) is 9.47 Å². The molecule has 1 aromatic heterocycles. The molecule has 2 aliphatic carbocycles. The van der Waals surface area contributed by atoms with E-state index in [1.165, 1.54) is 12.8 Å². The van der Waals surface area contributed by atoms with Crippen molar-refractivity contribution < 1.29 is 19.1 Å². The lowest BCUT2D eigenvalue weighted by atomic mass is 9.89. The number of nitrogens with zero attached hydrogens (tertiary/aromatic N) is 1. The number of ether oxygens (including phenoxy) is 2. The van der Waals surface area contributed by atoms with Crippen LogP contribution < -0.4 is 4.74 Å². The quantitative estimate of drug-likeness (QED) is 0.724. The zero-order valence-electron chi connectivity index (χ0n) is 15.7. The largest absolute Gasteiger partial charge is 0.460 e. The molecule has 0 N–H and O–H groups in total. The van der Waals surface area contributed by atoms with Gasteiger partial charge in [-0.2, -0.15) is 0 Å². The van der Waals surface area contributed by atoms with Crippen molar-refractivity contribution in [1.29, 1.82) is 0 Å². The van der Waals surface area contributed by atoms with Crippen molar-refractivity contribution in [2.45, 2.75) is 77.7 Å². The van der Waals surface area contributed by atoms with E-state index >= 15 is 0 Å². The predicted octanol–water partition coefficient (Wildman–Crippen LogP) is 4.50. The van der Waals surface area contributed by atoms with Crippen molar-refractivity contribution in [3.8, 4) is 5.75 Å². The molecule has 3 rings (SSSR count). The Balaban J connectivity index is 1.63. The minimum absolute atomic E-state index is 0.00830. The van der Waals surface area contributed by atoms with Crippen molar-refractivity contribution >= 4 is 11.9 Å². The Labute approximate surface area is 155 Å². The van der Waals surface area contributed by atoms with E-state index in [1.807, 2.05) is 6.92 Å². The molecule has 0 spiro atoms. The Morgan fingerprint density at radius 1 is 0.962 bits per heavy atom. The number of rotatable bonds is 5. The smallest absolute Gasteiger partial charge is 0.314 e. The van der Waals surface area contributed by atoms with Crippen LogP contribution in [0.5, 0.6) is 5.75 Å². The normalized spacial score (nSPS) is 19.1. The van der Waals surface area contributed by atoms with Crippen LogP contribution in [0.25, 0.3) is 0 Å². The molecule has 2 saturated carbocycles. The first-order chi connectivity index (χ1) is 12.6. The summed E-state index contributed by atoms with van der Waals surface area (Å²) in [4.78, 5) is 29.0. The fourth-order valence-electron chi connectivity index (χ4n) is 3.97. The number of esters is 2. The highest BCUT2D eigenvalue weighted by Gasteiger charge is 2.26. The lowest BCUT2D eigenvalue weighted by molar-refractivity contribution is -0.151. The van der Waals surface area contributed by atoms with E-state index in [1.54, 1.807) is 12.3 Å². The maximum atomic E-state index is 12.5. The van der Waals surface area contributed by atoms with E-state index in [9.17, 15) is 9.59 Å². The molecule has 0 radical (unpaired) electrons. The maximum absolute atomic E-state index is 12.5. The minimum atomic E-state index is -0.171. The molecule has 1 heterocycles. The summed E-state index contributed by atoms with van der Waals surface area (Å²) in [6, 6.07) is 1.69. The molecule has 5 heteroatoms. The highest BCUT2D eigenvalue weighted by atomic mass is 16.5. The van der Waals surface area contributed by atoms with Crippen LogP contribution in [0.15, 0.2) is 12.3 Å². The van der Waals surface area contributed by atoms with E-state index in [2.05, 4.69) is 4.98 Å². The fourth-order valence-corrected chi connectivity index (χ4v) is 3.97. The second-order valence-electron chi connectivity index (χ2n) is 7.57. The summed E-state index contributed by atoms with van der Waals surface area (Å²) >= 11 is 0. The van der Waals surface area contributed by atoms with Crippen LogP contribution in [0.2, 0.25) is 0 Å². The van der Waals surface area contributed by atoms with Gasteiger partial charge < -0.3 is 9.47 Å². The standard InChI is InChI=1S/C21H29NO4/c1-15-18(14-25-20(23)16-8-4-2-5-9-16)19(12-13-22-15)26-21(24)17-10-6-3-7-11-17/h12-13,16-17H,2-11,14H2,1H3. The molecule has 142 valence electrons. The number of carbonyl (C=O) groups is 2. The second-order valence-corrected chi connectivity index (χ2v) is 7.57. The van der Waals surface area contributed by atoms with Crippen LogP contribution in [0.1, 0.15) is 75.5 Å². The molecular weight excluding hydrogens is 330 g/mol. The highest BCUT2D eigenvalue weighted by Crippen LogP contribution is 2.29. The van der Waals surface area contributed by atoms with Crippen molar-refractivity contribution in [2.75, 3.05) is 0 Å². The lowest BCUT2D eigenvalue weighted by Crippen LogP contribution is -2.24. The predicted molar refractivity (Wildman–Crippen MR) is 97.6 cm³/mol. The topological polar surface area (TPSA) is 65.5 Å². The highest BCUT2D eigenvalue weighted by molar-refractivity contribution is 5.76. The van der Waals surface area contributed by atoms with Crippen molar-refractivity contribution in [3.05, 3.63) is 23.5 Å². The average Bonchev–Trinajstić information content (AvgIpc) is 2.68. The monoisotopic (exact) mass is 359 g/mol. The Morgan fingerprint density at radius 2 is 1.54 bits per heavy atom. The molecule has 0 unspecified atom stereocenters. The SMILES string of the molecule is Cc1nccc(OC(=O)C2CCCCC2)c1COC(=O)C1CCCCC1. The molecule has 0 amide bonds. The van der Waals surface area contributed by atoms with Gasteiger partial charge in [0.05, 0.1) is 17.4 Å². The summed E-state index contributed by atoms with van der Waals surface area (Å²) < 4.78 is 11.2. The molecule has 5 nitrogen and oxygen atoms in total. The molecule has 0 aliphatic heterocycles. The number of hydrogen-bond acceptors (Lipinski definition) is 5. The van der Waals surface area contributed by atoms with E-state index in [0.717, 1.165) is 57.1 Å². The second kappa shape index (κ2) is 9.15. The molecule has 1 aromatic rings. The van der Waals surface area contributed by atoms with Gasteiger partial charge >= 0.3 is 11.9 Å². The third kappa shape index (κ3) is 4.83. The van der Waals surface area contributed by atoms with Gasteiger partial charge in [-0.05, 0) is 38.7 Å². The molecular formula is C21H29NO4. The van der Waals surface area contributed by atoms with Crippen molar-refractivity contribution in [2.24, 2.45) is 11.8 Å². The van der Waals surface area contributed by atoms with Gasteiger partial charge in [0.2, 0.25) is 0 Å². The van der Waals surface area contributed by atoms with Crippen molar-refractivity contribution in [1.82, 2.24) is 4.98 Å².